The van der Waals surface area contributed by atoms with Crippen molar-refractivity contribution in [3.8, 4) is 0 Å². The normalized spacial score (nSPS) is 19.6. The Kier molecular flexibility index (Phi) is 2.76. The van der Waals surface area contributed by atoms with Crippen LogP contribution in [0, 0.1) is 0 Å². The van der Waals surface area contributed by atoms with Gasteiger partial charge in [0.25, 0.3) is 0 Å². The van der Waals surface area contributed by atoms with Crippen molar-refractivity contribution in [3.63, 3.8) is 0 Å². The van der Waals surface area contributed by atoms with Crippen LogP contribution in [0.25, 0.3) is 10.9 Å². The van der Waals surface area contributed by atoms with Crippen LogP contribution in [-0.2, 0) is 0 Å². The third kappa shape index (κ3) is 2.15. The van der Waals surface area contributed by atoms with Crippen LogP contribution in [0.1, 0.15) is 6.42 Å². The third-order valence-corrected chi connectivity index (χ3v) is 4.05. The van der Waals surface area contributed by atoms with Gasteiger partial charge in [0.15, 0.2) is 0 Å². The molecule has 2 heterocycles. The number of nitrogens with zero attached hydrogens (tertiary/aromatic N) is 2. The molecule has 0 saturated carbocycles. The zero-order chi connectivity index (χ0) is 11.7. The fraction of sp³-hybridized carbons (Fsp3) is 0.333. The topological polar surface area (TPSA) is 63.8 Å². The van der Waals surface area contributed by atoms with Gasteiger partial charge in [-0.2, -0.15) is 16.7 Å². The molecule has 1 aliphatic rings. The van der Waals surface area contributed by atoms with E-state index in [0.717, 1.165) is 22.5 Å². The highest BCUT2D eigenvalue weighted by Crippen LogP contribution is 2.25. The highest BCUT2D eigenvalue weighted by molar-refractivity contribution is 7.99. The Labute approximate surface area is 104 Å². The molecule has 1 fully saturated rings. The fourth-order valence-electron chi connectivity index (χ4n) is 2.05. The maximum absolute atomic E-state index is 5.73. The molecule has 1 saturated heterocycles. The summed E-state index contributed by atoms with van der Waals surface area (Å²) < 4.78 is 0. The molecule has 0 amide bonds. The van der Waals surface area contributed by atoms with Crippen LogP contribution < -0.4 is 11.1 Å². The van der Waals surface area contributed by atoms with Gasteiger partial charge in [0.05, 0.1) is 5.52 Å². The minimum absolute atomic E-state index is 0.330. The number of aromatic nitrogens is 2. The minimum Gasteiger partial charge on any atom is -0.368 e. The van der Waals surface area contributed by atoms with Crippen molar-refractivity contribution in [2.75, 3.05) is 22.6 Å². The van der Waals surface area contributed by atoms with Crippen LogP contribution in [0.4, 0.5) is 11.8 Å². The quantitative estimate of drug-likeness (QED) is 0.850. The first kappa shape index (κ1) is 10.7. The van der Waals surface area contributed by atoms with Gasteiger partial charge < -0.3 is 11.1 Å². The predicted molar refractivity (Wildman–Crippen MR) is 73.3 cm³/mol. The number of nitrogens with two attached hydrogens (primary N) is 1. The molecule has 5 heteroatoms. The van der Waals surface area contributed by atoms with E-state index in [1.807, 2.05) is 36.0 Å². The highest BCUT2D eigenvalue weighted by Gasteiger charge is 2.17. The summed E-state index contributed by atoms with van der Waals surface area (Å²) in [5, 5.41) is 4.51. The lowest BCUT2D eigenvalue weighted by molar-refractivity contribution is 0.808. The summed E-state index contributed by atoms with van der Waals surface area (Å²) in [5.41, 5.74) is 6.63. The summed E-state index contributed by atoms with van der Waals surface area (Å²) in [6.45, 7) is 0. The number of anilines is 2. The zero-order valence-electron chi connectivity index (χ0n) is 9.39. The SMILES string of the molecule is Nc1nc(NC2CCSC2)c2ccccc2n1. The average molecular weight is 246 g/mol. The second-order valence-electron chi connectivity index (χ2n) is 4.15. The molecular formula is C12H14N4S. The standard InChI is InChI=1S/C12H14N4S/c13-12-15-10-4-2-1-3-9(10)11(16-12)14-8-5-6-17-7-8/h1-4,8H,5-7H2,(H3,13,14,15,16). The second-order valence-corrected chi connectivity index (χ2v) is 5.30. The van der Waals surface area contributed by atoms with Crippen molar-refractivity contribution in [3.05, 3.63) is 24.3 Å². The molecule has 1 atom stereocenters. The molecule has 1 aromatic heterocycles. The summed E-state index contributed by atoms with van der Waals surface area (Å²) in [6, 6.07) is 8.44. The lowest BCUT2D eigenvalue weighted by atomic mass is 10.2. The van der Waals surface area contributed by atoms with Gasteiger partial charge in [-0.25, -0.2) is 4.98 Å². The average Bonchev–Trinajstić information content (AvgIpc) is 2.81. The molecule has 1 unspecified atom stereocenters. The van der Waals surface area contributed by atoms with Crippen molar-refractivity contribution in [1.29, 1.82) is 0 Å². The Bertz CT molecular complexity index is 537. The minimum atomic E-state index is 0.330. The molecule has 2 aromatic rings. The van der Waals surface area contributed by atoms with Crippen LogP contribution in [0.3, 0.4) is 0 Å². The molecule has 3 rings (SSSR count). The number of hydrogen-bond donors (Lipinski definition) is 2. The van der Waals surface area contributed by atoms with Gasteiger partial charge in [0.1, 0.15) is 5.82 Å². The van der Waals surface area contributed by atoms with E-state index in [4.69, 9.17) is 5.73 Å². The van der Waals surface area contributed by atoms with Gasteiger partial charge in [-0.3, -0.25) is 0 Å². The Morgan fingerprint density at radius 1 is 1.29 bits per heavy atom. The predicted octanol–water partition coefficient (Wildman–Crippen LogP) is 2.13. The maximum Gasteiger partial charge on any atom is 0.222 e. The van der Waals surface area contributed by atoms with Crippen LogP contribution in [0.5, 0.6) is 0 Å². The number of nitrogens with one attached hydrogen (secondary N) is 1. The Morgan fingerprint density at radius 2 is 2.18 bits per heavy atom. The highest BCUT2D eigenvalue weighted by atomic mass is 32.2. The molecule has 88 valence electrons. The smallest absolute Gasteiger partial charge is 0.222 e. The number of para-hydroxylation sites is 1. The van der Waals surface area contributed by atoms with E-state index in [0.29, 0.717) is 12.0 Å². The number of fused-ring (bicyclic) bond motifs is 1. The number of hydrogen-bond acceptors (Lipinski definition) is 5. The van der Waals surface area contributed by atoms with Gasteiger partial charge in [-0.05, 0) is 24.3 Å². The first-order chi connectivity index (χ1) is 8.33. The fourth-order valence-corrected chi connectivity index (χ4v) is 3.20. The van der Waals surface area contributed by atoms with E-state index in [-0.39, 0.29) is 0 Å². The van der Waals surface area contributed by atoms with Crippen LogP contribution in [0.2, 0.25) is 0 Å². The van der Waals surface area contributed by atoms with Crippen LogP contribution >= 0.6 is 11.8 Å². The first-order valence-corrected chi connectivity index (χ1v) is 6.85. The first-order valence-electron chi connectivity index (χ1n) is 5.69. The van der Waals surface area contributed by atoms with E-state index < -0.39 is 0 Å². The van der Waals surface area contributed by atoms with Crippen molar-refractivity contribution < 1.29 is 0 Å². The lowest BCUT2D eigenvalue weighted by Gasteiger charge is -2.14. The van der Waals surface area contributed by atoms with Gasteiger partial charge in [0.2, 0.25) is 5.95 Å². The van der Waals surface area contributed by atoms with Gasteiger partial charge >= 0.3 is 0 Å². The summed E-state index contributed by atoms with van der Waals surface area (Å²) in [5.74, 6) is 3.55. The van der Waals surface area contributed by atoms with E-state index in [1.165, 1.54) is 12.2 Å². The monoisotopic (exact) mass is 246 g/mol. The number of benzene rings is 1. The summed E-state index contributed by atoms with van der Waals surface area (Å²) in [4.78, 5) is 8.54. The summed E-state index contributed by atoms with van der Waals surface area (Å²) in [6.07, 6.45) is 1.18. The van der Waals surface area contributed by atoms with Crippen molar-refractivity contribution >= 4 is 34.4 Å². The maximum atomic E-state index is 5.73. The molecule has 1 aromatic carbocycles. The van der Waals surface area contributed by atoms with Crippen molar-refractivity contribution in [1.82, 2.24) is 9.97 Å². The van der Waals surface area contributed by atoms with E-state index in [9.17, 15) is 0 Å². The zero-order valence-corrected chi connectivity index (χ0v) is 10.2. The van der Waals surface area contributed by atoms with Gasteiger partial charge in [-0.15, -0.1) is 0 Å². The van der Waals surface area contributed by atoms with Crippen LogP contribution in [0.15, 0.2) is 24.3 Å². The molecule has 0 spiro atoms. The summed E-state index contributed by atoms with van der Waals surface area (Å²) >= 11 is 1.97. The molecule has 4 nitrogen and oxygen atoms in total. The molecule has 0 bridgehead atoms. The Balaban J connectivity index is 2.01. The third-order valence-electron chi connectivity index (χ3n) is 2.89. The largest absolute Gasteiger partial charge is 0.368 e. The van der Waals surface area contributed by atoms with E-state index >= 15 is 0 Å². The Hall–Kier alpha value is -1.49. The van der Waals surface area contributed by atoms with Crippen molar-refractivity contribution in [2.45, 2.75) is 12.5 Å². The lowest BCUT2D eigenvalue weighted by Crippen LogP contribution is -2.19. The molecule has 0 aliphatic carbocycles. The van der Waals surface area contributed by atoms with Gasteiger partial charge in [-0.1, -0.05) is 12.1 Å². The van der Waals surface area contributed by atoms with Crippen LogP contribution in [-0.4, -0.2) is 27.5 Å². The molecule has 17 heavy (non-hydrogen) atoms. The molecule has 1 aliphatic heterocycles. The Morgan fingerprint density at radius 3 is 3.00 bits per heavy atom. The number of rotatable bonds is 2. The van der Waals surface area contributed by atoms with E-state index in [2.05, 4.69) is 15.3 Å². The summed E-state index contributed by atoms with van der Waals surface area (Å²) in [7, 11) is 0. The second kappa shape index (κ2) is 4.41. The molecular weight excluding hydrogens is 232 g/mol. The molecule has 0 radical (unpaired) electrons. The number of nitrogen functional groups attached to an aromatic ring is 1. The van der Waals surface area contributed by atoms with E-state index in [1.54, 1.807) is 0 Å². The van der Waals surface area contributed by atoms with Crippen molar-refractivity contribution in [2.24, 2.45) is 0 Å². The number of thioether (sulfide) groups is 1. The van der Waals surface area contributed by atoms with Gasteiger partial charge in [0, 0.05) is 17.2 Å². The molecule has 3 N–H and O–H groups in total.